The molecule has 0 aliphatic rings. The Bertz CT molecular complexity index is 233. The van der Waals surface area contributed by atoms with Crippen molar-refractivity contribution in [1.29, 1.82) is 0 Å². The Balaban J connectivity index is 2.24. The highest BCUT2D eigenvalue weighted by Gasteiger charge is 2.06. The number of nitrogens with one attached hydrogen (secondary N) is 1. The largest absolute Gasteiger partial charge is 0.330 e. The van der Waals surface area contributed by atoms with Gasteiger partial charge in [0.05, 0.1) is 6.04 Å². The van der Waals surface area contributed by atoms with Gasteiger partial charge < -0.3 is 11.1 Å². The predicted molar refractivity (Wildman–Crippen MR) is 55.9 cm³/mol. The van der Waals surface area contributed by atoms with Crippen LogP contribution in [0.1, 0.15) is 26.3 Å². The second-order valence-corrected chi connectivity index (χ2v) is 3.61. The summed E-state index contributed by atoms with van der Waals surface area (Å²) < 4.78 is 1.85. The molecule has 2 unspecified atom stereocenters. The summed E-state index contributed by atoms with van der Waals surface area (Å²) in [4.78, 5) is 3.91. The summed E-state index contributed by atoms with van der Waals surface area (Å²) in [6.07, 6.45) is 4.30. The minimum atomic E-state index is 0.331. The summed E-state index contributed by atoms with van der Waals surface area (Å²) >= 11 is 0. The highest BCUT2D eigenvalue weighted by Crippen LogP contribution is 2.00. The van der Waals surface area contributed by atoms with E-state index in [0.717, 1.165) is 19.5 Å². The van der Waals surface area contributed by atoms with E-state index in [0.29, 0.717) is 12.1 Å². The summed E-state index contributed by atoms with van der Waals surface area (Å²) in [5, 5.41) is 7.48. The molecule has 0 fully saturated rings. The van der Waals surface area contributed by atoms with Gasteiger partial charge in [0.15, 0.2) is 0 Å². The fourth-order valence-corrected chi connectivity index (χ4v) is 1.26. The van der Waals surface area contributed by atoms with E-state index in [1.165, 1.54) is 0 Å². The third-order valence-corrected chi connectivity index (χ3v) is 2.25. The highest BCUT2D eigenvalue weighted by molar-refractivity contribution is 4.69. The van der Waals surface area contributed by atoms with Crippen molar-refractivity contribution >= 4 is 0 Å². The zero-order valence-electron chi connectivity index (χ0n) is 8.85. The smallest absolute Gasteiger partial charge is 0.137 e. The van der Waals surface area contributed by atoms with Crippen LogP contribution >= 0.6 is 0 Å². The van der Waals surface area contributed by atoms with Crippen LogP contribution in [0.15, 0.2) is 12.7 Å². The summed E-state index contributed by atoms with van der Waals surface area (Å²) in [7, 11) is 0. The van der Waals surface area contributed by atoms with Gasteiger partial charge in [0.25, 0.3) is 0 Å². The van der Waals surface area contributed by atoms with E-state index in [1.54, 1.807) is 12.7 Å². The summed E-state index contributed by atoms with van der Waals surface area (Å²) in [6.45, 7) is 5.87. The van der Waals surface area contributed by atoms with Crippen molar-refractivity contribution in [2.75, 3.05) is 13.1 Å². The van der Waals surface area contributed by atoms with E-state index < -0.39 is 0 Å². The molecule has 0 amide bonds. The van der Waals surface area contributed by atoms with Crippen LogP contribution in [-0.4, -0.2) is 33.9 Å². The van der Waals surface area contributed by atoms with E-state index in [2.05, 4.69) is 29.2 Å². The Labute approximate surface area is 84.7 Å². The van der Waals surface area contributed by atoms with Crippen LogP contribution in [0.5, 0.6) is 0 Å². The van der Waals surface area contributed by atoms with Crippen LogP contribution in [0.2, 0.25) is 0 Å². The molecule has 0 radical (unpaired) electrons. The Morgan fingerprint density at radius 1 is 1.50 bits per heavy atom. The summed E-state index contributed by atoms with van der Waals surface area (Å²) in [6, 6.07) is 0.795. The number of hydrogen-bond acceptors (Lipinski definition) is 4. The van der Waals surface area contributed by atoms with Gasteiger partial charge in [0.2, 0.25) is 0 Å². The van der Waals surface area contributed by atoms with E-state index in [9.17, 15) is 0 Å². The van der Waals surface area contributed by atoms with Gasteiger partial charge in [-0.15, -0.1) is 0 Å². The fourth-order valence-electron chi connectivity index (χ4n) is 1.26. The van der Waals surface area contributed by atoms with Crippen LogP contribution < -0.4 is 11.1 Å². The normalized spacial score (nSPS) is 15.4. The molecular formula is C9H19N5. The quantitative estimate of drug-likeness (QED) is 0.682. The van der Waals surface area contributed by atoms with Crippen LogP contribution in [-0.2, 0) is 0 Å². The minimum Gasteiger partial charge on any atom is -0.330 e. The molecule has 0 spiro atoms. The SMILES string of the molecule is CC(CCN)NCC(C)n1cncn1. The average molecular weight is 197 g/mol. The second-order valence-electron chi connectivity index (χ2n) is 3.61. The molecule has 1 heterocycles. The van der Waals surface area contributed by atoms with Crippen molar-refractivity contribution in [3.8, 4) is 0 Å². The number of aromatic nitrogens is 3. The number of nitrogens with zero attached hydrogens (tertiary/aromatic N) is 3. The van der Waals surface area contributed by atoms with Crippen molar-refractivity contribution in [1.82, 2.24) is 20.1 Å². The average Bonchev–Trinajstić information content (AvgIpc) is 2.67. The minimum absolute atomic E-state index is 0.331. The monoisotopic (exact) mass is 197 g/mol. The Morgan fingerprint density at radius 2 is 2.29 bits per heavy atom. The van der Waals surface area contributed by atoms with Crippen molar-refractivity contribution in [2.24, 2.45) is 5.73 Å². The molecule has 0 saturated carbocycles. The predicted octanol–water partition coefficient (Wildman–Crippen LogP) is 0.166. The lowest BCUT2D eigenvalue weighted by Gasteiger charge is -2.17. The molecule has 0 aliphatic heterocycles. The number of nitrogens with two attached hydrogens (primary N) is 1. The topological polar surface area (TPSA) is 68.8 Å². The Morgan fingerprint density at radius 3 is 2.86 bits per heavy atom. The molecule has 80 valence electrons. The molecule has 1 aromatic rings. The van der Waals surface area contributed by atoms with Gasteiger partial charge in [0.1, 0.15) is 12.7 Å². The first-order chi connectivity index (χ1) is 6.74. The molecule has 0 saturated heterocycles. The maximum atomic E-state index is 5.46. The van der Waals surface area contributed by atoms with E-state index >= 15 is 0 Å². The van der Waals surface area contributed by atoms with E-state index in [1.807, 2.05) is 4.68 Å². The lowest BCUT2D eigenvalue weighted by atomic mass is 10.2. The van der Waals surface area contributed by atoms with Gasteiger partial charge in [-0.2, -0.15) is 5.10 Å². The third-order valence-electron chi connectivity index (χ3n) is 2.25. The van der Waals surface area contributed by atoms with Gasteiger partial charge >= 0.3 is 0 Å². The van der Waals surface area contributed by atoms with Crippen LogP contribution in [0.3, 0.4) is 0 Å². The molecule has 5 heteroatoms. The maximum absolute atomic E-state index is 5.46. The Kier molecular flexibility index (Phi) is 4.55. The molecule has 3 N–H and O–H groups in total. The van der Waals surface area contributed by atoms with E-state index in [-0.39, 0.29) is 0 Å². The van der Waals surface area contributed by atoms with Crippen LogP contribution in [0, 0.1) is 0 Å². The molecular weight excluding hydrogens is 178 g/mol. The molecule has 0 aromatic carbocycles. The third kappa shape index (κ3) is 3.43. The lowest BCUT2D eigenvalue weighted by molar-refractivity contribution is 0.415. The van der Waals surface area contributed by atoms with Crippen LogP contribution in [0.25, 0.3) is 0 Å². The zero-order chi connectivity index (χ0) is 10.4. The standard InChI is InChI=1S/C9H19N5/c1-8(3-4-10)12-5-9(2)14-7-11-6-13-14/h6-9,12H,3-5,10H2,1-2H3. The molecule has 0 aliphatic carbocycles. The molecule has 5 nitrogen and oxygen atoms in total. The first-order valence-corrected chi connectivity index (χ1v) is 5.01. The first kappa shape index (κ1) is 11.1. The molecule has 2 atom stereocenters. The van der Waals surface area contributed by atoms with Crippen molar-refractivity contribution in [3.63, 3.8) is 0 Å². The molecule has 14 heavy (non-hydrogen) atoms. The summed E-state index contributed by atoms with van der Waals surface area (Å²) in [5.41, 5.74) is 5.46. The van der Waals surface area contributed by atoms with E-state index in [4.69, 9.17) is 5.73 Å². The van der Waals surface area contributed by atoms with Gasteiger partial charge in [-0.25, -0.2) is 9.67 Å². The fraction of sp³-hybridized carbons (Fsp3) is 0.778. The number of rotatable bonds is 6. The number of hydrogen-bond donors (Lipinski definition) is 2. The molecule has 0 bridgehead atoms. The van der Waals surface area contributed by atoms with Crippen molar-refractivity contribution in [3.05, 3.63) is 12.7 Å². The molecule has 1 rings (SSSR count). The van der Waals surface area contributed by atoms with Gasteiger partial charge in [-0.1, -0.05) is 0 Å². The first-order valence-electron chi connectivity index (χ1n) is 5.01. The Hall–Kier alpha value is -0.940. The van der Waals surface area contributed by atoms with Crippen LogP contribution in [0.4, 0.5) is 0 Å². The highest BCUT2D eigenvalue weighted by atomic mass is 15.3. The van der Waals surface area contributed by atoms with Crippen molar-refractivity contribution < 1.29 is 0 Å². The van der Waals surface area contributed by atoms with Gasteiger partial charge in [0, 0.05) is 12.6 Å². The lowest BCUT2D eigenvalue weighted by Crippen LogP contribution is -2.33. The maximum Gasteiger partial charge on any atom is 0.137 e. The zero-order valence-corrected chi connectivity index (χ0v) is 8.85. The van der Waals surface area contributed by atoms with Gasteiger partial charge in [-0.3, -0.25) is 0 Å². The van der Waals surface area contributed by atoms with Crippen molar-refractivity contribution in [2.45, 2.75) is 32.4 Å². The second kappa shape index (κ2) is 5.72. The van der Waals surface area contributed by atoms with Gasteiger partial charge in [-0.05, 0) is 26.8 Å². The molecule has 1 aromatic heterocycles. The summed E-state index contributed by atoms with van der Waals surface area (Å²) in [5.74, 6) is 0.